The molecule has 3 aliphatic rings. The molecule has 0 amide bonds. The first-order chi connectivity index (χ1) is 21.1. The fourth-order valence-electron chi connectivity index (χ4n) is 7.03. The van der Waals surface area contributed by atoms with Crippen LogP contribution in [-0.2, 0) is 0 Å². The van der Waals surface area contributed by atoms with Gasteiger partial charge in [-0.05, 0) is 82.6 Å². The lowest BCUT2D eigenvalue weighted by molar-refractivity contribution is -0.721. The number of aliphatic hydroxyl groups excluding tert-OH is 1. The zero-order valence-corrected chi connectivity index (χ0v) is 24.8. The van der Waals surface area contributed by atoms with E-state index in [-0.39, 0.29) is 11.9 Å². The van der Waals surface area contributed by atoms with Crippen molar-refractivity contribution in [3.63, 3.8) is 0 Å². The van der Waals surface area contributed by atoms with Crippen molar-refractivity contribution in [1.29, 1.82) is 0 Å². The fraction of sp³-hybridized carbons (Fsp3) is 0.139. The number of nitrogens with zero attached hydrogens (tertiary/aromatic N) is 4. The molecule has 0 saturated carbocycles. The minimum atomic E-state index is -0.769. The lowest BCUT2D eigenvalue weighted by atomic mass is 9.99. The van der Waals surface area contributed by atoms with Gasteiger partial charge in [0.2, 0.25) is 0 Å². The normalized spacial score (nSPS) is 20.5. The van der Waals surface area contributed by atoms with Crippen LogP contribution in [0.3, 0.4) is 0 Å². The molecule has 5 heterocycles. The Kier molecular flexibility index (Phi) is 5.32. The first-order valence-corrected chi connectivity index (χ1v) is 15.8. The fourth-order valence-corrected chi connectivity index (χ4v) is 8.66. The largest absolute Gasteiger partial charge is 0.456 e. The molecule has 0 bridgehead atoms. The Bertz CT molecular complexity index is 2120. The van der Waals surface area contributed by atoms with E-state index in [9.17, 15) is 5.11 Å². The number of aromatic nitrogens is 2. The highest BCUT2D eigenvalue weighted by Crippen LogP contribution is 2.49. The van der Waals surface area contributed by atoms with Crippen LogP contribution in [0.25, 0.3) is 27.6 Å². The van der Waals surface area contributed by atoms with E-state index in [1.807, 2.05) is 6.07 Å². The molecule has 2 aromatic heterocycles. The Morgan fingerprint density at radius 1 is 0.814 bits per heavy atom. The van der Waals surface area contributed by atoms with Crippen LogP contribution >= 0.6 is 8.58 Å². The highest BCUT2D eigenvalue weighted by Gasteiger charge is 2.40. The topological polar surface area (TPSA) is 44.8 Å². The zero-order valence-electron chi connectivity index (χ0n) is 23.8. The van der Waals surface area contributed by atoms with Gasteiger partial charge >= 0.3 is 0 Å². The monoisotopic (exact) mass is 581 g/mol. The second-order valence-corrected chi connectivity index (χ2v) is 12.9. The van der Waals surface area contributed by atoms with Gasteiger partial charge in [-0.15, -0.1) is 0 Å². The van der Waals surface area contributed by atoms with Crippen LogP contribution in [0.4, 0.5) is 11.4 Å². The zero-order chi connectivity index (χ0) is 28.8. The van der Waals surface area contributed by atoms with Crippen LogP contribution < -0.4 is 24.4 Å². The highest BCUT2D eigenvalue weighted by atomic mass is 31.1. The Morgan fingerprint density at radius 2 is 1.63 bits per heavy atom. The Hall–Kier alpha value is -4.64. The van der Waals surface area contributed by atoms with Crippen molar-refractivity contribution in [2.75, 3.05) is 9.80 Å². The van der Waals surface area contributed by atoms with E-state index in [4.69, 9.17) is 4.74 Å². The van der Waals surface area contributed by atoms with E-state index in [1.54, 1.807) is 0 Å². The van der Waals surface area contributed by atoms with Gasteiger partial charge in [-0.25, -0.2) is 4.57 Å². The quantitative estimate of drug-likeness (QED) is 0.178. The van der Waals surface area contributed by atoms with E-state index >= 15 is 0 Å². The summed E-state index contributed by atoms with van der Waals surface area (Å²) in [6.07, 6.45) is 5.66. The lowest BCUT2D eigenvalue weighted by Gasteiger charge is -2.26. The second-order valence-electron chi connectivity index (χ2n) is 11.6. The van der Waals surface area contributed by atoms with Crippen molar-refractivity contribution in [3.8, 4) is 17.3 Å². The molecule has 43 heavy (non-hydrogen) atoms. The van der Waals surface area contributed by atoms with Crippen molar-refractivity contribution in [2.24, 2.45) is 0 Å². The van der Waals surface area contributed by atoms with Crippen LogP contribution in [-0.4, -0.2) is 15.6 Å². The number of pyridine rings is 1. The molecule has 9 rings (SSSR count). The third-order valence-electron chi connectivity index (χ3n) is 9.12. The molecule has 6 nitrogen and oxygen atoms in total. The third kappa shape index (κ3) is 3.51. The Balaban J connectivity index is 1.21. The number of hydrogen-bond donors (Lipinski definition) is 1. The van der Waals surface area contributed by atoms with Crippen LogP contribution in [0.15, 0.2) is 116 Å². The molecule has 1 N–H and O–H groups in total. The van der Waals surface area contributed by atoms with Gasteiger partial charge in [0, 0.05) is 40.2 Å². The smallest absolute Gasteiger partial charge is 0.287 e. The van der Waals surface area contributed by atoms with Gasteiger partial charge in [0.05, 0.1) is 17.4 Å². The summed E-state index contributed by atoms with van der Waals surface area (Å²) >= 11 is 0. The molecule has 0 aliphatic carbocycles. The molecular formula is C36H30N4O2P+. The predicted octanol–water partition coefficient (Wildman–Crippen LogP) is 7.18. The Labute approximate surface area is 251 Å². The lowest BCUT2D eigenvalue weighted by Crippen LogP contribution is -2.43. The molecular weight excluding hydrogens is 551 g/mol. The number of hydrogen-bond acceptors (Lipinski definition) is 4. The van der Waals surface area contributed by atoms with Crippen molar-refractivity contribution in [1.82, 2.24) is 4.57 Å². The van der Waals surface area contributed by atoms with Crippen LogP contribution in [0.5, 0.6) is 11.5 Å². The van der Waals surface area contributed by atoms with Crippen molar-refractivity contribution >= 4 is 47.1 Å². The molecule has 4 aromatic carbocycles. The van der Waals surface area contributed by atoms with E-state index < -0.39 is 6.10 Å². The maximum Gasteiger partial charge on any atom is 0.287 e. The summed E-state index contributed by atoms with van der Waals surface area (Å²) in [6.45, 7) is 4.20. The first kappa shape index (κ1) is 24.9. The van der Waals surface area contributed by atoms with Crippen molar-refractivity contribution in [3.05, 3.63) is 127 Å². The van der Waals surface area contributed by atoms with E-state index in [0.717, 1.165) is 38.9 Å². The second kappa shape index (κ2) is 9.18. The molecule has 2 unspecified atom stereocenters. The van der Waals surface area contributed by atoms with E-state index in [0.29, 0.717) is 14.3 Å². The number of fused-ring (bicyclic) bond motifs is 8. The average molecular weight is 582 g/mol. The molecule has 0 spiro atoms. The molecule has 0 fully saturated rings. The summed E-state index contributed by atoms with van der Waals surface area (Å²) in [5.41, 5.74) is 6.47. The number of ether oxygens (including phenoxy) is 1. The Morgan fingerprint density at radius 3 is 2.51 bits per heavy atom. The molecule has 0 radical (unpaired) electrons. The van der Waals surface area contributed by atoms with Gasteiger partial charge in [0.1, 0.15) is 35.1 Å². The van der Waals surface area contributed by atoms with E-state index in [1.165, 1.54) is 22.2 Å². The molecule has 7 heteroatoms. The van der Waals surface area contributed by atoms with Gasteiger partial charge in [0.15, 0.2) is 5.52 Å². The van der Waals surface area contributed by atoms with Crippen molar-refractivity contribution in [2.45, 2.75) is 31.9 Å². The van der Waals surface area contributed by atoms with Crippen LogP contribution in [0.2, 0.25) is 0 Å². The van der Waals surface area contributed by atoms with Crippen molar-refractivity contribution < 1.29 is 14.4 Å². The van der Waals surface area contributed by atoms with Crippen LogP contribution in [0.1, 0.15) is 30.2 Å². The summed E-state index contributed by atoms with van der Waals surface area (Å²) in [5.74, 6) is 2.77. The summed E-state index contributed by atoms with van der Waals surface area (Å²) in [4.78, 5) is 4.68. The van der Waals surface area contributed by atoms with Gasteiger partial charge in [0.25, 0.3) is 5.82 Å². The number of aliphatic hydroxyl groups is 1. The number of benzene rings is 4. The molecule has 3 aliphatic heterocycles. The van der Waals surface area contributed by atoms with Crippen LogP contribution in [0, 0.1) is 6.92 Å². The SMILES string of the molecule is Cc1cc[n+]2c(c1)-n1c3ccccc3c3ccc(Oc4cccc5c4PC4N(c6ccccc6)C=CN54)c(c31)[C@H](O)[C@@H]2C. The predicted molar refractivity (Wildman–Crippen MR) is 174 cm³/mol. The molecule has 0 saturated heterocycles. The summed E-state index contributed by atoms with van der Waals surface area (Å²) < 4.78 is 11.4. The van der Waals surface area contributed by atoms with Gasteiger partial charge in [-0.2, -0.15) is 4.57 Å². The third-order valence-corrected chi connectivity index (χ3v) is 10.7. The summed E-state index contributed by atoms with van der Waals surface area (Å²) in [6, 6.07) is 33.7. The standard InChI is InChI=1S/C36H30N4O2P/c1-22-17-18-37-23(2)34(41)32-29(16-15-26-25-11-6-7-12-27(25)40(33(26)32)31(37)21-22)42-30-14-8-13-28-35(30)43-36-38(19-20-39(28)36)24-9-4-3-5-10-24/h3-21,23,34,36,41,43H,1-2H3/q+1/t23-,34+,36?/m0/s1. The number of rotatable bonds is 3. The average Bonchev–Trinajstić information content (AvgIpc) is 3.70. The minimum Gasteiger partial charge on any atom is -0.456 e. The number of aryl methyl sites for hydroxylation is 1. The number of para-hydroxylation sites is 2. The highest BCUT2D eigenvalue weighted by molar-refractivity contribution is 7.50. The van der Waals surface area contributed by atoms with Gasteiger partial charge in [-0.1, -0.05) is 36.4 Å². The number of anilines is 2. The molecule has 4 atom stereocenters. The maximum absolute atomic E-state index is 12.1. The molecule has 210 valence electrons. The summed E-state index contributed by atoms with van der Waals surface area (Å²) in [7, 11) is 0.505. The molecule has 6 aromatic rings. The first-order valence-electron chi connectivity index (χ1n) is 14.7. The maximum atomic E-state index is 12.1. The van der Waals surface area contributed by atoms with Gasteiger partial charge in [-0.3, -0.25) is 0 Å². The van der Waals surface area contributed by atoms with Gasteiger partial charge < -0.3 is 19.6 Å². The van der Waals surface area contributed by atoms with E-state index in [2.05, 4.69) is 142 Å². The summed E-state index contributed by atoms with van der Waals surface area (Å²) in [5, 5.41) is 15.6. The minimum absolute atomic E-state index is 0.188.